The molecule has 0 spiro atoms. The van der Waals surface area contributed by atoms with Crippen LogP contribution in [0.4, 0.5) is 0 Å². The van der Waals surface area contributed by atoms with E-state index in [9.17, 15) is 4.79 Å². The maximum absolute atomic E-state index is 11.9. The molecule has 0 saturated carbocycles. The van der Waals surface area contributed by atoms with E-state index in [0.717, 1.165) is 0 Å². The van der Waals surface area contributed by atoms with E-state index < -0.39 is 5.60 Å². The fourth-order valence-corrected chi connectivity index (χ4v) is 1.85. The van der Waals surface area contributed by atoms with Crippen LogP contribution in [0.5, 0.6) is 11.5 Å². The molecule has 3 heteroatoms. The van der Waals surface area contributed by atoms with Crippen LogP contribution in [0.3, 0.4) is 0 Å². The average molecular weight is 230 g/mol. The van der Waals surface area contributed by atoms with Gasteiger partial charge in [0.2, 0.25) is 0 Å². The van der Waals surface area contributed by atoms with Crippen LogP contribution in [-0.2, 0) is 0 Å². The fourth-order valence-electron chi connectivity index (χ4n) is 1.85. The smallest absolute Gasteiger partial charge is 0.170 e. The Labute approximate surface area is 101 Å². The van der Waals surface area contributed by atoms with Gasteiger partial charge in [0.25, 0.3) is 0 Å². The molecule has 1 aromatic carbocycles. The molecule has 0 N–H and O–H groups in total. The molecule has 0 saturated heterocycles. The van der Waals surface area contributed by atoms with Gasteiger partial charge in [0, 0.05) is 6.07 Å². The molecule has 0 amide bonds. The maximum Gasteiger partial charge on any atom is 0.170 e. The average Bonchev–Trinajstić information content (AvgIpc) is 2.24. The maximum atomic E-state index is 11.9. The van der Waals surface area contributed by atoms with Crippen molar-refractivity contribution in [1.82, 2.24) is 0 Å². The lowest BCUT2D eigenvalue weighted by Gasteiger charge is -2.31. The number of carbonyl (C=O) groups excluding carboxylic acids is 1. The second-order valence-electron chi connectivity index (χ2n) is 4.61. The van der Waals surface area contributed by atoms with Gasteiger partial charge in [-0.2, -0.15) is 0 Å². The second kappa shape index (κ2) is 4.14. The molecule has 0 atom stereocenters. The Hall–Kier alpha value is -1.95. The molecule has 1 heterocycles. The van der Waals surface area contributed by atoms with Crippen LogP contribution in [0.1, 0.15) is 30.6 Å². The zero-order valence-electron chi connectivity index (χ0n) is 9.95. The predicted octanol–water partition coefficient (Wildman–Crippen LogP) is 2.44. The lowest BCUT2D eigenvalue weighted by atomic mass is 9.93. The quantitative estimate of drug-likeness (QED) is 0.732. The summed E-state index contributed by atoms with van der Waals surface area (Å²) in [5, 5.41) is 0. The van der Waals surface area contributed by atoms with Gasteiger partial charge in [0.15, 0.2) is 5.78 Å². The van der Waals surface area contributed by atoms with E-state index in [1.165, 1.54) is 0 Å². The molecule has 88 valence electrons. The summed E-state index contributed by atoms with van der Waals surface area (Å²) in [6, 6.07) is 5.17. The molecular weight excluding hydrogens is 216 g/mol. The highest BCUT2D eigenvalue weighted by Gasteiger charge is 2.32. The van der Waals surface area contributed by atoms with Gasteiger partial charge in [0.05, 0.1) is 12.0 Å². The number of Topliss-reactive ketones (excluding diaryl/α,β-unsaturated/α-hetero) is 1. The standard InChI is InChI=1S/C14H14O3/c1-4-7-16-10-5-6-11-12(15)9-14(2,3)17-13(11)8-10/h1,5-6,8H,7,9H2,2-3H3. The van der Waals surface area contributed by atoms with Crippen molar-refractivity contribution < 1.29 is 14.3 Å². The second-order valence-corrected chi connectivity index (χ2v) is 4.61. The zero-order chi connectivity index (χ0) is 12.5. The van der Waals surface area contributed by atoms with Crippen molar-refractivity contribution in [2.45, 2.75) is 25.9 Å². The minimum absolute atomic E-state index is 0.0970. The molecule has 2 rings (SSSR count). The molecule has 1 aromatic rings. The molecule has 3 nitrogen and oxygen atoms in total. The van der Waals surface area contributed by atoms with Gasteiger partial charge in [-0.15, -0.1) is 6.42 Å². The molecular formula is C14H14O3. The van der Waals surface area contributed by atoms with Crippen LogP contribution in [0.2, 0.25) is 0 Å². The van der Waals surface area contributed by atoms with Crippen molar-refractivity contribution in [3.63, 3.8) is 0 Å². The molecule has 0 unspecified atom stereocenters. The third kappa shape index (κ3) is 2.42. The topological polar surface area (TPSA) is 35.5 Å². The molecule has 1 aliphatic rings. The third-order valence-electron chi connectivity index (χ3n) is 2.55. The number of terminal acetylenes is 1. The van der Waals surface area contributed by atoms with Crippen LogP contribution in [0, 0.1) is 12.3 Å². The SMILES string of the molecule is C#CCOc1ccc2c(c1)OC(C)(C)CC2=O. The van der Waals surface area contributed by atoms with Gasteiger partial charge in [-0.05, 0) is 26.0 Å². The van der Waals surface area contributed by atoms with Gasteiger partial charge in [0.1, 0.15) is 23.7 Å². The van der Waals surface area contributed by atoms with E-state index in [-0.39, 0.29) is 12.4 Å². The summed E-state index contributed by atoms with van der Waals surface area (Å²) in [6.45, 7) is 3.99. The Kier molecular flexibility index (Phi) is 2.81. The Bertz CT molecular complexity index is 495. The van der Waals surface area contributed by atoms with E-state index in [1.54, 1.807) is 18.2 Å². The van der Waals surface area contributed by atoms with E-state index in [0.29, 0.717) is 23.5 Å². The Morgan fingerprint density at radius 2 is 2.29 bits per heavy atom. The number of benzene rings is 1. The van der Waals surface area contributed by atoms with Crippen molar-refractivity contribution in [2.24, 2.45) is 0 Å². The summed E-state index contributed by atoms with van der Waals surface area (Å²) in [5.41, 5.74) is 0.145. The van der Waals surface area contributed by atoms with Crippen molar-refractivity contribution in [3.8, 4) is 23.8 Å². The van der Waals surface area contributed by atoms with E-state index >= 15 is 0 Å². The number of carbonyl (C=O) groups is 1. The number of ether oxygens (including phenoxy) is 2. The third-order valence-corrected chi connectivity index (χ3v) is 2.55. The number of rotatable bonds is 2. The minimum atomic E-state index is -0.463. The molecule has 0 radical (unpaired) electrons. The van der Waals surface area contributed by atoms with Crippen LogP contribution in [-0.4, -0.2) is 18.0 Å². The van der Waals surface area contributed by atoms with Crippen molar-refractivity contribution in [2.75, 3.05) is 6.61 Å². The Morgan fingerprint density at radius 1 is 1.53 bits per heavy atom. The summed E-state index contributed by atoms with van der Waals surface area (Å²) >= 11 is 0. The summed E-state index contributed by atoms with van der Waals surface area (Å²) in [4.78, 5) is 11.9. The van der Waals surface area contributed by atoms with Crippen LogP contribution in [0.15, 0.2) is 18.2 Å². The zero-order valence-corrected chi connectivity index (χ0v) is 9.95. The number of fused-ring (bicyclic) bond motifs is 1. The van der Waals surface area contributed by atoms with Crippen LogP contribution in [0.25, 0.3) is 0 Å². The molecule has 0 aliphatic carbocycles. The largest absolute Gasteiger partial charge is 0.486 e. The molecule has 0 bridgehead atoms. The highest BCUT2D eigenvalue weighted by molar-refractivity contribution is 6.00. The van der Waals surface area contributed by atoms with Gasteiger partial charge in [-0.25, -0.2) is 0 Å². The first-order chi connectivity index (χ1) is 8.02. The normalized spacial score (nSPS) is 16.6. The van der Waals surface area contributed by atoms with Gasteiger partial charge in [-0.1, -0.05) is 5.92 Å². The first kappa shape index (κ1) is 11.5. The van der Waals surface area contributed by atoms with Crippen LogP contribution >= 0.6 is 0 Å². The lowest BCUT2D eigenvalue weighted by Crippen LogP contribution is -2.35. The van der Waals surface area contributed by atoms with Gasteiger partial charge in [-0.3, -0.25) is 4.79 Å². The van der Waals surface area contributed by atoms with Gasteiger partial charge < -0.3 is 9.47 Å². The molecule has 0 fully saturated rings. The van der Waals surface area contributed by atoms with Gasteiger partial charge >= 0.3 is 0 Å². The number of hydrogen-bond donors (Lipinski definition) is 0. The lowest BCUT2D eigenvalue weighted by molar-refractivity contribution is 0.0618. The summed E-state index contributed by atoms with van der Waals surface area (Å²) in [7, 11) is 0. The monoisotopic (exact) mass is 230 g/mol. The van der Waals surface area contributed by atoms with Crippen molar-refractivity contribution >= 4 is 5.78 Å². The highest BCUT2D eigenvalue weighted by Crippen LogP contribution is 2.35. The first-order valence-corrected chi connectivity index (χ1v) is 5.44. The van der Waals surface area contributed by atoms with Crippen molar-refractivity contribution in [3.05, 3.63) is 23.8 Å². The molecule has 0 aromatic heterocycles. The van der Waals surface area contributed by atoms with E-state index in [2.05, 4.69) is 5.92 Å². The summed E-state index contributed by atoms with van der Waals surface area (Å²) < 4.78 is 11.1. The summed E-state index contributed by atoms with van der Waals surface area (Å²) in [6.07, 6.45) is 5.51. The Morgan fingerprint density at radius 3 is 3.00 bits per heavy atom. The fraction of sp³-hybridized carbons (Fsp3) is 0.357. The molecule has 17 heavy (non-hydrogen) atoms. The number of hydrogen-bond acceptors (Lipinski definition) is 3. The first-order valence-electron chi connectivity index (χ1n) is 5.44. The molecule has 1 aliphatic heterocycles. The number of ketones is 1. The summed E-state index contributed by atoms with van der Waals surface area (Å²) in [5.74, 6) is 3.68. The van der Waals surface area contributed by atoms with E-state index in [4.69, 9.17) is 15.9 Å². The Balaban J connectivity index is 2.32. The van der Waals surface area contributed by atoms with Crippen molar-refractivity contribution in [1.29, 1.82) is 0 Å². The van der Waals surface area contributed by atoms with E-state index in [1.807, 2.05) is 13.8 Å². The highest BCUT2D eigenvalue weighted by atomic mass is 16.5. The minimum Gasteiger partial charge on any atom is -0.486 e. The predicted molar refractivity (Wildman–Crippen MR) is 64.4 cm³/mol. The van der Waals surface area contributed by atoms with Crippen LogP contribution < -0.4 is 9.47 Å².